The van der Waals surface area contributed by atoms with Crippen molar-refractivity contribution in [3.05, 3.63) is 24.0 Å². The van der Waals surface area contributed by atoms with E-state index >= 15 is 0 Å². The molecule has 0 bridgehead atoms. The molecule has 0 aliphatic carbocycles. The number of aromatic nitrogens is 1. The molecule has 0 spiro atoms. The van der Waals surface area contributed by atoms with Gasteiger partial charge >= 0.3 is 0 Å². The monoisotopic (exact) mass is 322 g/mol. The van der Waals surface area contributed by atoms with E-state index in [1.54, 1.807) is 19.2 Å². The number of nitrogens with one attached hydrogen (secondary N) is 1. The van der Waals surface area contributed by atoms with Crippen LogP contribution in [-0.2, 0) is 23.7 Å². The van der Waals surface area contributed by atoms with E-state index in [1.807, 2.05) is 0 Å². The third kappa shape index (κ3) is 9.60. The summed E-state index contributed by atoms with van der Waals surface area (Å²) in [7, 11) is 1.62. The van der Waals surface area contributed by atoms with Crippen molar-refractivity contribution in [3.63, 3.8) is 0 Å². The van der Waals surface area contributed by atoms with E-state index in [4.69, 9.17) is 25.4 Å². The molecular weight excluding hydrogens is 300 g/mol. The van der Waals surface area contributed by atoms with Gasteiger partial charge in [0.15, 0.2) is 0 Å². The molecule has 0 atom stereocenters. The summed E-state index contributed by atoms with van der Waals surface area (Å²) in [4.78, 5) is 15.6. The Balaban J connectivity index is 1.98. The van der Waals surface area contributed by atoms with Crippen molar-refractivity contribution in [2.45, 2.75) is 0 Å². The maximum absolute atomic E-state index is 11.6. The van der Waals surface area contributed by atoms with Crippen molar-refractivity contribution in [1.82, 2.24) is 4.98 Å². The number of ether oxygens (including phenoxy) is 4. The average Bonchev–Trinajstić information content (AvgIpc) is 2.57. The van der Waals surface area contributed by atoms with Crippen LogP contribution >= 0.6 is 0 Å². The standard InChI is InChI=1S/C16H22N2O5/c1-3-14-4-5-15(12-17-14)18-16(19)13-23-11-10-22-9-8-21-7-6-20-2/h1,4-5,12H,6-11,13H2,2H3,(H,18,19). The summed E-state index contributed by atoms with van der Waals surface area (Å²) in [6.07, 6.45) is 6.70. The number of amides is 1. The first-order valence-electron chi connectivity index (χ1n) is 7.21. The molecule has 0 saturated carbocycles. The highest BCUT2D eigenvalue weighted by Crippen LogP contribution is 2.05. The van der Waals surface area contributed by atoms with Gasteiger partial charge in [-0.3, -0.25) is 4.79 Å². The van der Waals surface area contributed by atoms with Crippen molar-refractivity contribution >= 4 is 11.6 Å². The quantitative estimate of drug-likeness (QED) is 0.451. The molecule has 0 unspecified atom stereocenters. The number of hydrogen-bond donors (Lipinski definition) is 1. The van der Waals surface area contributed by atoms with Crippen molar-refractivity contribution in [3.8, 4) is 12.3 Å². The number of rotatable bonds is 12. The van der Waals surface area contributed by atoms with Crippen LogP contribution in [0.2, 0.25) is 0 Å². The van der Waals surface area contributed by atoms with E-state index in [2.05, 4.69) is 16.2 Å². The smallest absolute Gasteiger partial charge is 0.250 e. The van der Waals surface area contributed by atoms with Gasteiger partial charge in [-0.1, -0.05) is 5.92 Å². The fraction of sp³-hybridized carbons (Fsp3) is 0.500. The second-order valence-corrected chi connectivity index (χ2v) is 4.39. The van der Waals surface area contributed by atoms with Crippen molar-refractivity contribution < 1.29 is 23.7 Å². The lowest BCUT2D eigenvalue weighted by Gasteiger charge is -2.07. The molecule has 0 aliphatic rings. The Morgan fingerprint density at radius 1 is 1.13 bits per heavy atom. The molecule has 1 aromatic rings. The zero-order chi connectivity index (χ0) is 16.8. The number of nitrogens with zero attached hydrogens (tertiary/aromatic N) is 1. The number of hydrogen-bond acceptors (Lipinski definition) is 6. The van der Waals surface area contributed by atoms with Gasteiger partial charge in [0.1, 0.15) is 12.3 Å². The number of carbonyl (C=O) groups is 1. The lowest BCUT2D eigenvalue weighted by Crippen LogP contribution is -2.20. The minimum absolute atomic E-state index is 0.0510. The molecule has 1 rings (SSSR count). The summed E-state index contributed by atoms with van der Waals surface area (Å²) in [5, 5.41) is 2.66. The van der Waals surface area contributed by atoms with Gasteiger partial charge in [-0.05, 0) is 12.1 Å². The van der Waals surface area contributed by atoms with Gasteiger partial charge in [0.25, 0.3) is 0 Å². The van der Waals surface area contributed by atoms with Gasteiger partial charge in [-0.15, -0.1) is 6.42 Å². The summed E-state index contributed by atoms with van der Waals surface area (Å²) >= 11 is 0. The Kier molecular flexibility index (Phi) is 10.4. The molecular formula is C16H22N2O5. The van der Waals surface area contributed by atoms with E-state index < -0.39 is 0 Å². The molecule has 1 aromatic heterocycles. The number of anilines is 1. The first-order valence-corrected chi connectivity index (χ1v) is 7.21. The molecule has 0 aromatic carbocycles. The third-order valence-corrected chi connectivity index (χ3v) is 2.60. The van der Waals surface area contributed by atoms with E-state index in [1.165, 1.54) is 6.20 Å². The molecule has 23 heavy (non-hydrogen) atoms. The Morgan fingerprint density at radius 2 is 1.78 bits per heavy atom. The summed E-state index contributed by atoms with van der Waals surface area (Å²) < 4.78 is 20.6. The second kappa shape index (κ2) is 12.6. The molecule has 7 nitrogen and oxygen atoms in total. The van der Waals surface area contributed by atoms with Gasteiger partial charge < -0.3 is 24.3 Å². The van der Waals surface area contributed by atoms with Gasteiger partial charge in [0.05, 0.1) is 51.5 Å². The van der Waals surface area contributed by atoms with Gasteiger partial charge in [-0.2, -0.15) is 0 Å². The highest BCUT2D eigenvalue weighted by atomic mass is 16.6. The summed E-state index contributed by atoms with van der Waals surface area (Å²) in [5.74, 6) is 2.14. The highest BCUT2D eigenvalue weighted by molar-refractivity contribution is 5.91. The fourth-order valence-electron chi connectivity index (χ4n) is 1.50. The van der Waals surface area contributed by atoms with Crippen LogP contribution in [0.5, 0.6) is 0 Å². The maximum Gasteiger partial charge on any atom is 0.250 e. The van der Waals surface area contributed by atoms with Crippen molar-refractivity contribution in [2.24, 2.45) is 0 Å². The van der Waals surface area contributed by atoms with Crippen molar-refractivity contribution in [1.29, 1.82) is 0 Å². The number of carbonyl (C=O) groups excluding carboxylic acids is 1. The van der Waals surface area contributed by atoms with E-state index in [0.717, 1.165) is 0 Å². The summed E-state index contributed by atoms with van der Waals surface area (Å²) in [5.41, 5.74) is 1.09. The first-order chi connectivity index (χ1) is 11.3. The lowest BCUT2D eigenvalue weighted by atomic mass is 10.3. The third-order valence-electron chi connectivity index (χ3n) is 2.60. The summed E-state index contributed by atoms with van der Waals surface area (Å²) in [6, 6.07) is 3.34. The topological polar surface area (TPSA) is 78.9 Å². The Labute approximate surface area is 136 Å². The molecule has 126 valence electrons. The lowest BCUT2D eigenvalue weighted by molar-refractivity contribution is -0.121. The average molecular weight is 322 g/mol. The maximum atomic E-state index is 11.6. The normalized spacial score (nSPS) is 10.3. The van der Waals surface area contributed by atoms with Crippen LogP contribution in [0.15, 0.2) is 18.3 Å². The van der Waals surface area contributed by atoms with Gasteiger partial charge in [0, 0.05) is 7.11 Å². The molecule has 7 heteroatoms. The Morgan fingerprint density at radius 3 is 2.35 bits per heavy atom. The molecule has 0 radical (unpaired) electrons. The molecule has 1 amide bonds. The molecule has 0 fully saturated rings. The van der Waals surface area contributed by atoms with Crippen LogP contribution in [0.3, 0.4) is 0 Å². The molecule has 0 saturated heterocycles. The Hall–Kier alpha value is -1.98. The summed E-state index contributed by atoms with van der Waals surface area (Å²) in [6.45, 7) is 2.79. The van der Waals surface area contributed by atoms with Gasteiger partial charge in [0.2, 0.25) is 5.91 Å². The van der Waals surface area contributed by atoms with Crippen LogP contribution in [0, 0.1) is 12.3 Å². The van der Waals surface area contributed by atoms with Crippen LogP contribution in [0.1, 0.15) is 5.69 Å². The Bertz CT molecular complexity index is 484. The number of pyridine rings is 1. The minimum Gasteiger partial charge on any atom is -0.382 e. The first kappa shape index (κ1) is 19.1. The SMILES string of the molecule is C#Cc1ccc(NC(=O)COCCOCCOCCOC)cn1. The van der Waals surface area contributed by atoms with E-state index in [9.17, 15) is 4.79 Å². The minimum atomic E-state index is -0.261. The van der Waals surface area contributed by atoms with E-state index in [0.29, 0.717) is 51.0 Å². The number of terminal acetylenes is 1. The predicted molar refractivity (Wildman–Crippen MR) is 85.1 cm³/mol. The molecule has 1 heterocycles. The second-order valence-electron chi connectivity index (χ2n) is 4.39. The van der Waals surface area contributed by atoms with E-state index in [-0.39, 0.29) is 12.5 Å². The zero-order valence-electron chi connectivity index (χ0n) is 13.2. The van der Waals surface area contributed by atoms with Gasteiger partial charge in [-0.25, -0.2) is 4.98 Å². The zero-order valence-corrected chi connectivity index (χ0v) is 13.2. The predicted octanol–water partition coefficient (Wildman–Crippen LogP) is 0.698. The van der Waals surface area contributed by atoms with Crippen LogP contribution in [0.25, 0.3) is 0 Å². The fourth-order valence-corrected chi connectivity index (χ4v) is 1.50. The van der Waals surface area contributed by atoms with Crippen LogP contribution < -0.4 is 5.32 Å². The van der Waals surface area contributed by atoms with Crippen LogP contribution in [-0.4, -0.2) is 64.2 Å². The van der Waals surface area contributed by atoms with Crippen LogP contribution in [0.4, 0.5) is 5.69 Å². The highest BCUT2D eigenvalue weighted by Gasteiger charge is 2.02. The molecule has 0 aliphatic heterocycles. The molecule has 1 N–H and O–H groups in total. The largest absolute Gasteiger partial charge is 0.382 e. The van der Waals surface area contributed by atoms with Crippen molar-refractivity contribution in [2.75, 3.05) is 58.7 Å². The number of methoxy groups -OCH3 is 1.